The average molecular weight is 335 g/mol. The van der Waals surface area contributed by atoms with Crippen molar-refractivity contribution < 1.29 is 4.79 Å². The number of benzene rings is 1. The normalized spacial score (nSPS) is 17.4. The van der Waals surface area contributed by atoms with Crippen LogP contribution in [0, 0.1) is 0 Å². The summed E-state index contributed by atoms with van der Waals surface area (Å²) in [6.45, 7) is 3.28. The quantitative estimate of drug-likeness (QED) is 0.744. The Morgan fingerprint density at radius 1 is 1.28 bits per heavy atom. The summed E-state index contributed by atoms with van der Waals surface area (Å²) in [5, 5.41) is 0. The van der Waals surface area contributed by atoms with Gasteiger partial charge in [0.1, 0.15) is 5.82 Å². The van der Waals surface area contributed by atoms with Gasteiger partial charge in [-0.15, -0.1) is 0 Å². The monoisotopic (exact) mass is 335 g/mol. The van der Waals surface area contributed by atoms with Gasteiger partial charge in [0.05, 0.1) is 24.6 Å². The summed E-state index contributed by atoms with van der Waals surface area (Å²) >= 11 is 0. The first-order valence-corrected chi connectivity index (χ1v) is 8.47. The molecule has 0 radical (unpaired) electrons. The molecule has 1 atom stereocenters. The molecule has 3 heterocycles. The first-order chi connectivity index (χ1) is 12.1. The fraction of sp³-hybridized carbons (Fsp3) is 0.316. The molecule has 0 amide bonds. The highest BCUT2D eigenvalue weighted by molar-refractivity contribution is 5.94. The summed E-state index contributed by atoms with van der Waals surface area (Å²) in [7, 11) is 2.02. The molecule has 6 nitrogen and oxygen atoms in total. The van der Waals surface area contributed by atoms with Crippen LogP contribution in [0.4, 0.5) is 0 Å². The van der Waals surface area contributed by atoms with E-state index >= 15 is 0 Å². The van der Waals surface area contributed by atoms with Crippen LogP contribution >= 0.6 is 0 Å². The van der Waals surface area contributed by atoms with E-state index in [1.165, 1.54) is 5.69 Å². The minimum absolute atomic E-state index is 0.0627. The van der Waals surface area contributed by atoms with Crippen LogP contribution in [0.5, 0.6) is 0 Å². The third kappa shape index (κ3) is 2.89. The van der Waals surface area contributed by atoms with Gasteiger partial charge in [-0.2, -0.15) is 0 Å². The zero-order valence-corrected chi connectivity index (χ0v) is 14.4. The number of nitrogens with zero attached hydrogens (tertiary/aromatic N) is 4. The molecular weight excluding hydrogens is 314 g/mol. The average Bonchev–Trinajstić information content (AvgIpc) is 3.24. The van der Waals surface area contributed by atoms with Gasteiger partial charge in [0.2, 0.25) is 0 Å². The fourth-order valence-electron chi connectivity index (χ4n) is 3.49. The zero-order chi connectivity index (χ0) is 17.4. The minimum Gasteiger partial charge on any atom is -0.348 e. The second-order valence-corrected chi connectivity index (χ2v) is 6.52. The topological polar surface area (TPSA) is 66.8 Å². The molecule has 6 heteroatoms. The van der Waals surface area contributed by atoms with E-state index in [0.29, 0.717) is 0 Å². The molecule has 0 saturated carbocycles. The van der Waals surface area contributed by atoms with Crippen LogP contribution in [0.25, 0.3) is 0 Å². The number of H-pyrrole nitrogens is 1. The highest BCUT2D eigenvalue weighted by Crippen LogP contribution is 2.34. The first kappa shape index (κ1) is 15.8. The van der Waals surface area contributed by atoms with Crippen molar-refractivity contribution in [1.29, 1.82) is 0 Å². The third-order valence-electron chi connectivity index (χ3n) is 4.92. The predicted molar refractivity (Wildman–Crippen MR) is 94.2 cm³/mol. The molecule has 2 aromatic heterocycles. The van der Waals surface area contributed by atoms with Crippen molar-refractivity contribution in [1.82, 2.24) is 24.4 Å². The second kappa shape index (κ2) is 6.29. The standard InChI is InChI=1S/C19H21N5O/c1-13(25)14-3-5-15(6-4-14)19-18-16(21-12-22-18)7-9-24(19)11-17-20-8-10-23(17)2/h3-6,8,10,12,19H,7,9,11H2,1-2H3,(H,21,22)/t19-/m1/s1. The molecule has 25 heavy (non-hydrogen) atoms. The molecule has 0 unspecified atom stereocenters. The van der Waals surface area contributed by atoms with Gasteiger partial charge in [-0.05, 0) is 12.5 Å². The predicted octanol–water partition coefficient (Wildman–Crippen LogP) is 2.49. The number of hydrogen-bond donors (Lipinski definition) is 1. The van der Waals surface area contributed by atoms with Gasteiger partial charge >= 0.3 is 0 Å². The minimum atomic E-state index is 0.0627. The summed E-state index contributed by atoms with van der Waals surface area (Å²) in [6, 6.07) is 7.94. The Labute approximate surface area is 146 Å². The molecule has 0 saturated heterocycles. The van der Waals surface area contributed by atoms with Gasteiger partial charge in [0.15, 0.2) is 5.78 Å². The van der Waals surface area contributed by atoms with Crippen LogP contribution in [0.1, 0.15) is 46.1 Å². The Kier molecular flexibility index (Phi) is 3.97. The van der Waals surface area contributed by atoms with E-state index in [-0.39, 0.29) is 11.8 Å². The molecule has 0 bridgehead atoms. The van der Waals surface area contributed by atoms with E-state index in [1.54, 1.807) is 13.3 Å². The number of carbonyl (C=O) groups excluding carboxylic acids is 1. The maximum Gasteiger partial charge on any atom is 0.159 e. The smallest absolute Gasteiger partial charge is 0.159 e. The molecule has 0 spiro atoms. The van der Waals surface area contributed by atoms with Crippen molar-refractivity contribution in [2.75, 3.05) is 6.54 Å². The number of carbonyl (C=O) groups is 1. The van der Waals surface area contributed by atoms with Gasteiger partial charge in [-0.25, -0.2) is 9.97 Å². The maximum absolute atomic E-state index is 11.6. The van der Waals surface area contributed by atoms with Gasteiger partial charge in [0, 0.05) is 43.7 Å². The largest absolute Gasteiger partial charge is 0.348 e. The number of nitrogens with one attached hydrogen (secondary N) is 1. The van der Waals surface area contributed by atoms with Gasteiger partial charge < -0.3 is 9.55 Å². The SMILES string of the molecule is CC(=O)c1ccc([C@@H]2c3nc[nH]c3CCN2Cc2nccn2C)cc1. The third-order valence-corrected chi connectivity index (χ3v) is 4.92. The molecule has 1 aliphatic heterocycles. The molecule has 0 fully saturated rings. The summed E-state index contributed by atoms with van der Waals surface area (Å²) in [6.07, 6.45) is 6.51. The molecule has 1 N–H and O–H groups in total. The van der Waals surface area contributed by atoms with Crippen molar-refractivity contribution in [3.8, 4) is 0 Å². The highest BCUT2D eigenvalue weighted by Gasteiger charge is 2.31. The Morgan fingerprint density at radius 3 is 2.76 bits per heavy atom. The van der Waals surface area contributed by atoms with E-state index in [4.69, 9.17) is 0 Å². The maximum atomic E-state index is 11.6. The lowest BCUT2D eigenvalue weighted by atomic mass is 9.94. The number of aromatic nitrogens is 4. The number of imidazole rings is 2. The van der Waals surface area contributed by atoms with Gasteiger partial charge in [-0.1, -0.05) is 24.3 Å². The van der Waals surface area contributed by atoms with Crippen molar-refractivity contribution in [2.24, 2.45) is 7.05 Å². The first-order valence-electron chi connectivity index (χ1n) is 8.47. The summed E-state index contributed by atoms with van der Waals surface area (Å²) in [5.74, 6) is 1.12. The van der Waals surface area contributed by atoms with E-state index in [2.05, 4.69) is 24.4 Å². The summed E-state index contributed by atoms with van der Waals surface area (Å²) < 4.78 is 2.05. The summed E-state index contributed by atoms with van der Waals surface area (Å²) in [5.41, 5.74) is 4.14. The fourth-order valence-corrected chi connectivity index (χ4v) is 3.49. The zero-order valence-electron chi connectivity index (χ0n) is 14.4. The highest BCUT2D eigenvalue weighted by atomic mass is 16.1. The van der Waals surface area contributed by atoms with Gasteiger partial charge in [-0.3, -0.25) is 9.69 Å². The second-order valence-electron chi connectivity index (χ2n) is 6.52. The Morgan fingerprint density at radius 2 is 2.08 bits per heavy atom. The molecule has 128 valence electrons. The lowest BCUT2D eigenvalue weighted by Crippen LogP contribution is -2.36. The Hall–Kier alpha value is -2.73. The van der Waals surface area contributed by atoms with Crippen LogP contribution < -0.4 is 0 Å². The molecule has 1 aliphatic rings. The Bertz CT molecular complexity index is 893. The number of ketones is 1. The van der Waals surface area contributed by atoms with E-state index in [1.807, 2.05) is 43.7 Å². The van der Waals surface area contributed by atoms with Gasteiger partial charge in [0.25, 0.3) is 0 Å². The number of Topliss-reactive ketones (excluding diaryl/α,β-unsaturated/α-hetero) is 1. The molecule has 3 aromatic rings. The van der Waals surface area contributed by atoms with Crippen LogP contribution in [0.15, 0.2) is 43.0 Å². The number of aromatic amines is 1. The Balaban J connectivity index is 1.71. The number of hydrogen-bond acceptors (Lipinski definition) is 4. The van der Waals surface area contributed by atoms with E-state index in [9.17, 15) is 4.79 Å². The van der Waals surface area contributed by atoms with Crippen molar-refractivity contribution >= 4 is 5.78 Å². The summed E-state index contributed by atoms with van der Waals surface area (Å²) in [4.78, 5) is 26.3. The lowest BCUT2D eigenvalue weighted by molar-refractivity contribution is 0.101. The van der Waals surface area contributed by atoms with Crippen LogP contribution in [0.2, 0.25) is 0 Å². The number of rotatable bonds is 4. The van der Waals surface area contributed by atoms with Crippen LogP contribution in [0.3, 0.4) is 0 Å². The number of aryl methyl sites for hydroxylation is 1. The molecule has 0 aliphatic carbocycles. The molecule has 1 aromatic carbocycles. The van der Waals surface area contributed by atoms with E-state index < -0.39 is 0 Å². The van der Waals surface area contributed by atoms with E-state index in [0.717, 1.165) is 42.2 Å². The number of fused-ring (bicyclic) bond motifs is 1. The van der Waals surface area contributed by atoms with Crippen molar-refractivity contribution in [3.63, 3.8) is 0 Å². The van der Waals surface area contributed by atoms with Crippen LogP contribution in [-0.4, -0.2) is 36.7 Å². The van der Waals surface area contributed by atoms with Crippen molar-refractivity contribution in [2.45, 2.75) is 25.9 Å². The van der Waals surface area contributed by atoms with Crippen molar-refractivity contribution in [3.05, 3.63) is 71.3 Å². The molecule has 4 rings (SSSR count). The molecular formula is C19H21N5O. The van der Waals surface area contributed by atoms with Crippen LogP contribution in [-0.2, 0) is 20.0 Å². The lowest BCUT2D eigenvalue weighted by Gasteiger charge is -2.35.